The second-order valence-corrected chi connectivity index (χ2v) is 6.35. The quantitative estimate of drug-likeness (QED) is 0.839. The Morgan fingerprint density at radius 3 is 2.64 bits per heavy atom. The number of benzene rings is 2. The number of hydrogen-bond acceptors (Lipinski definition) is 4. The van der Waals surface area contributed by atoms with Crippen LogP contribution < -0.4 is 20.7 Å². The van der Waals surface area contributed by atoms with E-state index in [1.807, 2.05) is 32.0 Å². The van der Waals surface area contributed by atoms with E-state index in [0.29, 0.717) is 22.8 Å². The molecule has 0 spiro atoms. The molecule has 0 bridgehead atoms. The largest absolute Gasteiger partial charge is 0.478 e. The number of para-hydroxylation sites is 1. The maximum Gasteiger partial charge on any atom is 0.268 e. The van der Waals surface area contributed by atoms with Crippen LogP contribution in [-0.2, 0) is 9.59 Å². The highest BCUT2D eigenvalue weighted by Crippen LogP contribution is 2.37. The van der Waals surface area contributed by atoms with Crippen LogP contribution in [0.5, 0.6) is 5.75 Å². The smallest absolute Gasteiger partial charge is 0.268 e. The van der Waals surface area contributed by atoms with Gasteiger partial charge >= 0.3 is 0 Å². The van der Waals surface area contributed by atoms with Crippen LogP contribution in [0.1, 0.15) is 13.8 Å². The minimum absolute atomic E-state index is 0.0261. The Morgan fingerprint density at radius 2 is 1.96 bits per heavy atom. The molecular weight excluding hydrogens is 318 g/mol. The van der Waals surface area contributed by atoms with E-state index in [-0.39, 0.29) is 24.3 Å². The molecule has 0 aliphatic carbocycles. The van der Waals surface area contributed by atoms with Crippen LogP contribution in [0.15, 0.2) is 48.5 Å². The van der Waals surface area contributed by atoms with Crippen molar-refractivity contribution in [3.63, 3.8) is 0 Å². The minimum atomic E-state index is -0.640. The van der Waals surface area contributed by atoms with Gasteiger partial charge in [-0.1, -0.05) is 32.0 Å². The standard InChI is InChI=1S/C19H21N3O3/c1-12(2)18-19(24)22(15-9-8-13(20)10-16(15)25-18)11-17(23)21-14-6-4-3-5-7-14/h3-10,12,18H,11,20H2,1-2H3,(H,21,23). The van der Waals surface area contributed by atoms with Gasteiger partial charge in [-0.15, -0.1) is 0 Å². The fourth-order valence-electron chi connectivity index (χ4n) is 2.76. The van der Waals surface area contributed by atoms with Gasteiger partial charge in [0.1, 0.15) is 12.3 Å². The zero-order chi connectivity index (χ0) is 18.0. The number of nitrogens with zero attached hydrogens (tertiary/aromatic N) is 1. The average molecular weight is 339 g/mol. The third-order valence-electron chi connectivity index (χ3n) is 4.00. The molecule has 1 heterocycles. The fourth-order valence-corrected chi connectivity index (χ4v) is 2.76. The molecule has 130 valence electrons. The zero-order valence-electron chi connectivity index (χ0n) is 14.2. The number of rotatable bonds is 4. The van der Waals surface area contributed by atoms with Gasteiger partial charge in [-0.3, -0.25) is 14.5 Å². The van der Waals surface area contributed by atoms with E-state index in [1.54, 1.807) is 30.3 Å². The Balaban J connectivity index is 1.85. The van der Waals surface area contributed by atoms with Gasteiger partial charge in [-0.05, 0) is 30.2 Å². The van der Waals surface area contributed by atoms with Crippen molar-refractivity contribution in [1.82, 2.24) is 0 Å². The summed E-state index contributed by atoms with van der Waals surface area (Å²) < 4.78 is 5.81. The van der Waals surface area contributed by atoms with Gasteiger partial charge in [-0.2, -0.15) is 0 Å². The molecule has 3 rings (SSSR count). The lowest BCUT2D eigenvalue weighted by molar-refractivity contribution is -0.129. The van der Waals surface area contributed by atoms with E-state index in [0.717, 1.165) is 0 Å². The minimum Gasteiger partial charge on any atom is -0.478 e. The topological polar surface area (TPSA) is 84.7 Å². The van der Waals surface area contributed by atoms with Gasteiger partial charge in [0.05, 0.1) is 5.69 Å². The molecule has 2 aromatic carbocycles. The molecule has 1 aliphatic rings. The highest BCUT2D eigenvalue weighted by atomic mass is 16.5. The monoisotopic (exact) mass is 339 g/mol. The van der Waals surface area contributed by atoms with E-state index in [9.17, 15) is 9.59 Å². The lowest BCUT2D eigenvalue weighted by atomic mass is 10.0. The second-order valence-electron chi connectivity index (χ2n) is 6.35. The van der Waals surface area contributed by atoms with E-state index in [4.69, 9.17) is 10.5 Å². The number of nitrogens with two attached hydrogens (primary N) is 1. The van der Waals surface area contributed by atoms with Crippen LogP contribution >= 0.6 is 0 Å². The van der Waals surface area contributed by atoms with Crippen molar-refractivity contribution >= 4 is 28.9 Å². The van der Waals surface area contributed by atoms with Gasteiger partial charge in [0, 0.05) is 17.4 Å². The third kappa shape index (κ3) is 3.57. The van der Waals surface area contributed by atoms with Gasteiger partial charge in [0.25, 0.3) is 5.91 Å². The molecule has 6 heteroatoms. The molecule has 0 saturated heterocycles. The number of ether oxygens (including phenoxy) is 1. The van der Waals surface area contributed by atoms with Crippen molar-refractivity contribution in [3.8, 4) is 5.75 Å². The molecular formula is C19H21N3O3. The van der Waals surface area contributed by atoms with E-state index >= 15 is 0 Å². The highest BCUT2D eigenvalue weighted by Gasteiger charge is 2.37. The molecule has 2 aromatic rings. The highest BCUT2D eigenvalue weighted by molar-refractivity contribution is 6.06. The zero-order valence-corrected chi connectivity index (χ0v) is 14.2. The molecule has 0 saturated carbocycles. The lowest BCUT2D eigenvalue weighted by Crippen LogP contribution is -2.50. The molecule has 2 amide bonds. The van der Waals surface area contributed by atoms with E-state index in [1.165, 1.54) is 4.90 Å². The third-order valence-corrected chi connectivity index (χ3v) is 4.00. The van der Waals surface area contributed by atoms with Crippen molar-refractivity contribution in [2.75, 3.05) is 22.5 Å². The van der Waals surface area contributed by atoms with E-state index in [2.05, 4.69) is 5.32 Å². The molecule has 25 heavy (non-hydrogen) atoms. The summed E-state index contributed by atoms with van der Waals surface area (Å²) in [4.78, 5) is 26.7. The van der Waals surface area contributed by atoms with Crippen LogP contribution in [0.3, 0.4) is 0 Å². The number of amides is 2. The SMILES string of the molecule is CC(C)C1Oc2cc(N)ccc2N(CC(=O)Nc2ccccc2)C1=O. The second kappa shape index (κ2) is 6.84. The van der Waals surface area contributed by atoms with Gasteiger partial charge in [0.15, 0.2) is 6.10 Å². The summed E-state index contributed by atoms with van der Waals surface area (Å²) in [5, 5.41) is 2.80. The predicted molar refractivity (Wildman–Crippen MR) is 97.5 cm³/mol. The summed E-state index contributed by atoms with van der Waals surface area (Å²) in [5.41, 5.74) is 7.61. The Hall–Kier alpha value is -3.02. The predicted octanol–water partition coefficient (Wildman–Crippen LogP) is 2.66. The van der Waals surface area contributed by atoms with Crippen LogP contribution in [-0.4, -0.2) is 24.5 Å². The molecule has 6 nitrogen and oxygen atoms in total. The number of carbonyl (C=O) groups is 2. The van der Waals surface area contributed by atoms with Crippen molar-refractivity contribution in [1.29, 1.82) is 0 Å². The van der Waals surface area contributed by atoms with E-state index < -0.39 is 6.10 Å². The molecule has 1 unspecified atom stereocenters. The van der Waals surface area contributed by atoms with Crippen molar-refractivity contribution in [3.05, 3.63) is 48.5 Å². The summed E-state index contributed by atoms with van der Waals surface area (Å²) in [7, 11) is 0. The van der Waals surface area contributed by atoms with Crippen LogP contribution in [0, 0.1) is 5.92 Å². The van der Waals surface area contributed by atoms with Gasteiger partial charge in [0.2, 0.25) is 5.91 Å². The number of nitrogens with one attached hydrogen (secondary N) is 1. The summed E-state index contributed by atoms with van der Waals surface area (Å²) in [6.07, 6.45) is -0.640. The maximum absolute atomic E-state index is 12.8. The molecule has 3 N–H and O–H groups in total. The average Bonchev–Trinajstić information content (AvgIpc) is 2.57. The number of nitrogen functional groups attached to an aromatic ring is 1. The number of carbonyl (C=O) groups excluding carboxylic acids is 2. The first-order valence-corrected chi connectivity index (χ1v) is 8.18. The first-order valence-electron chi connectivity index (χ1n) is 8.18. The van der Waals surface area contributed by atoms with Gasteiger partial charge in [-0.25, -0.2) is 0 Å². The first-order chi connectivity index (χ1) is 12.0. The molecule has 0 radical (unpaired) electrons. The summed E-state index contributed by atoms with van der Waals surface area (Å²) in [6.45, 7) is 3.72. The van der Waals surface area contributed by atoms with Crippen molar-refractivity contribution < 1.29 is 14.3 Å². The first kappa shape index (κ1) is 16.8. The molecule has 1 atom stereocenters. The lowest BCUT2D eigenvalue weighted by Gasteiger charge is -2.35. The van der Waals surface area contributed by atoms with Crippen molar-refractivity contribution in [2.45, 2.75) is 20.0 Å². The molecule has 0 aromatic heterocycles. The summed E-state index contributed by atoms with van der Waals surface area (Å²) >= 11 is 0. The normalized spacial score (nSPS) is 16.4. The van der Waals surface area contributed by atoms with Crippen LogP contribution in [0.2, 0.25) is 0 Å². The summed E-state index contributed by atoms with van der Waals surface area (Å²) in [6, 6.07) is 14.2. The molecule has 1 aliphatic heterocycles. The maximum atomic E-state index is 12.8. The van der Waals surface area contributed by atoms with Gasteiger partial charge < -0.3 is 15.8 Å². The Morgan fingerprint density at radius 1 is 1.24 bits per heavy atom. The van der Waals surface area contributed by atoms with Crippen LogP contribution in [0.4, 0.5) is 17.1 Å². The Labute approximate surface area is 146 Å². The number of hydrogen-bond donors (Lipinski definition) is 2. The molecule has 0 fully saturated rings. The Bertz CT molecular complexity index is 790. The Kier molecular flexibility index (Phi) is 4.61. The number of fused-ring (bicyclic) bond motifs is 1. The fraction of sp³-hybridized carbons (Fsp3) is 0.263. The summed E-state index contributed by atoms with van der Waals surface area (Å²) in [5.74, 6) is -0.00482. The van der Waals surface area contributed by atoms with Crippen LogP contribution in [0.25, 0.3) is 0 Å². The number of anilines is 3. The van der Waals surface area contributed by atoms with Crippen molar-refractivity contribution in [2.24, 2.45) is 5.92 Å².